The lowest BCUT2D eigenvalue weighted by atomic mass is 10.4. The van der Waals surface area contributed by atoms with E-state index in [-0.39, 0.29) is 5.56 Å². The molecule has 7 heteroatoms. The lowest BCUT2D eigenvalue weighted by Gasteiger charge is -2.07. The Balaban J connectivity index is 2.33. The monoisotopic (exact) mass is 251 g/mol. The first-order chi connectivity index (χ1) is 8.10. The van der Waals surface area contributed by atoms with Crippen molar-refractivity contribution in [2.75, 3.05) is 5.43 Å². The molecule has 3 N–H and O–H groups in total. The van der Waals surface area contributed by atoms with Crippen LogP contribution in [0.2, 0.25) is 0 Å². The van der Waals surface area contributed by atoms with E-state index in [1.54, 1.807) is 10.8 Å². The van der Waals surface area contributed by atoms with Gasteiger partial charge in [-0.25, -0.2) is 15.8 Å². The van der Waals surface area contributed by atoms with Crippen LogP contribution >= 0.6 is 11.3 Å². The second-order valence-corrected chi connectivity index (χ2v) is 4.76. The van der Waals surface area contributed by atoms with Gasteiger partial charge in [-0.2, -0.15) is 0 Å². The lowest BCUT2D eigenvalue weighted by Crippen LogP contribution is -2.23. The van der Waals surface area contributed by atoms with Crippen molar-refractivity contribution in [1.29, 1.82) is 0 Å². The van der Waals surface area contributed by atoms with Crippen LogP contribution in [0.15, 0.2) is 17.1 Å². The standard InChI is InChI=1S/C10H13N5OS/c1-6-3-9(16)15(7(2)13-6)5-8-4-12-10(14-11)17-8/h3-4H,5,11H2,1-2H3,(H,12,14). The number of aryl methyl sites for hydroxylation is 2. The fraction of sp³-hybridized carbons (Fsp3) is 0.300. The van der Waals surface area contributed by atoms with Crippen LogP contribution in [0.3, 0.4) is 0 Å². The van der Waals surface area contributed by atoms with Crippen LogP contribution in [0.1, 0.15) is 16.4 Å². The SMILES string of the molecule is Cc1cc(=O)n(Cc2cnc(NN)s2)c(C)n1. The molecule has 0 radical (unpaired) electrons. The second-order valence-electron chi connectivity index (χ2n) is 3.65. The summed E-state index contributed by atoms with van der Waals surface area (Å²) in [7, 11) is 0. The third-order valence-corrected chi connectivity index (χ3v) is 3.23. The van der Waals surface area contributed by atoms with Crippen molar-refractivity contribution in [3.63, 3.8) is 0 Å². The molecule has 0 saturated carbocycles. The number of nitrogens with two attached hydrogens (primary N) is 1. The van der Waals surface area contributed by atoms with Crippen LogP contribution < -0.4 is 16.8 Å². The van der Waals surface area contributed by atoms with Gasteiger partial charge in [-0.1, -0.05) is 11.3 Å². The van der Waals surface area contributed by atoms with Gasteiger partial charge in [0.1, 0.15) is 5.82 Å². The molecule has 0 aliphatic rings. The van der Waals surface area contributed by atoms with Gasteiger partial charge in [-0.3, -0.25) is 14.8 Å². The molecule has 17 heavy (non-hydrogen) atoms. The number of nitrogens with one attached hydrogen (secondary N) is 1. The minimum atomic E-state index is -0.0503. The van der Waals surface area contributed by atoms with E-state index in [4.69, 9.17) is 5.84 Å². The quantitative estimate of drug-likeness (QED) is 0.618. The zero-order valence-electron chi connectivity index (χ0n) is 9.60. The largest absolute Gasteiger partial charge is 0.300 e. The van der Waals surface area contributed by atoms with Crippen molar-refractivity contribution in [3.05, 3.63) is 39.0 Å². The maximum absolute atomic E-state index is 11.8. The number of rotatable bonds is 3. The highest BCUT2D eigenvalue weighted by Gasteiger charge is 2.06. The number of thiazole rings is 1. The molecule has 0 aromatic carbocycles. The van der Waals surface area contributed by atoms with Crippen molar-refractivity contribution in [2.45, 2.75) is 20.4 Å². The summed E-state index contributed by atoms with van der Waals surface area (Å²) >= 11 is 1.41. The lowest BCUT2D eigenvalue weighted by molar-refractivity contribution is 0.700. The third kappa shape index (κ3) is 2.51. The van der Waals surface area contributed by atoms with Crippen molar-refractivity contribution in [2.24, 2.45) is 5.84 Å². The summed E-state index contributed by atoms with van der Waals surface area (Å²) in [6.45, 7) is 4.09. The average Bonchev–Trinajstić information content (AvgIpc) is 2.71. The summed E-state index contributed by atoms with van der Waals surface area (Å²) < 4.78 is 1.61. The van der Waals surface area contributed by atoms with E-state index >= 15 is 0 Å². The van der Waals surface area contributed by atoms with E-state index in [0.717, 1.165) is 10.6 Å². The van der Waals surface area contributed by atoms with Crippen LogP contribution in [-0.2, 0) is 6.54 Å². The van der Waals surface area contributed by atoms with Gasteiger partial charge in [0.05, 0.1) is 6.54 Å². The van der Waals surface area contributed by atoms with E-state index in [1.807, 2.05) is 13.8 Å². The van der Waals surface area contributed by atoms with Crippen molar-refractivity contribution >= 4 is 16.5 Å². The summed E-state index contributed by atoms with van der Waals surface area (Å²) in [6.07, 6.45) is 1.70. The first-order valence-corrected chi connectivity index (χ1v) is 5.88. The van der Waals surface area contributed by atoms with E-state index in [1.165, 1.54) is 17.4 Å². The van der Waals surface area contributed by atoms with Gasteiger partial charge in [0.15, 0.2) is 5.13 Å². The molecule has 0 saturated heterocycles. The first kappa shape index (κ1) is 11.7. The Morgan fingerprint density at radius 2 is 2.29 bits per heavy atom. The predicted molar refractivity (Wildman–Crippen MR) is 67.0 cm³/mol. The third-order valence-electron chi connectivity index (χ3n) is 2.32. The van der Waals surface area contributed by atoms with Crippen molar-refractivity contribution in [1.82, 2.24) is 14.5 Å². The molecule has 6 nitrogen and oxygen atoms in total. The Bertz CT molecular complexity index is 589. The fourth-order valence-corrected chi connectivity index (χ4v) is 2.27. The summed E-state index contributed by atoms with van der Waals surface area (Å²) in [4.78, 5) is 21.1. The molecule has 0 bridgehead atoms. The normalized spacial score (nSPS) is 10.5. The summed E-state index contributed by atoms with van der Waals surface area (Å²) in [5, 5.41) is 0.630. The molecule has 2 heterocycles. The van der Waals surface area contributed by atoms with Crippen molar-refractivity contribution in [3.8, 4) is 0 Å². The van der Waals surface area contributed by atoms with Gasteiger partial charge < -0.3 is 0 Å². The molecule has 2 aromatic heterocycles. The maximum Gasteiger partial charge on any atom is 0.254 e. The number of hydrogen-bond donors (Lipinski definition) is 2. The highest BCUT2D eigenvalue weighted by molar-refractivity contribution is 7.15. The zero-order chi connectivity index (χ0) is 12.4. The maximum atomic E-state index is 11.8. The highest BCUT2D eigenvalue weighted by atomic mass is 32.1. The summed E-state index contributed by atoms with van der Waals surface area (Å²) in [5.74, 6) is 5.95. The Hall–Kier alpha value is -1.73. The zero-order valence-corrected chi connectivity index (χ0v) is 10.4. The van der Waals surface area contributed by atoms with Gasteiger partial charge in [0, 0.05) is 22.8 Å². The van der Waals surface area contributed by atoms with Crippen LogP contribution in [-0.4, -0.2) is 14.5 Å². The van der Waals surface area contributed by atoms with E-state index in [2.05, 4.69) is 15.4 Å². The molecule has 0 atom stereocenters. The van der Waals surface area contributed by atoms with Gasteiger partial charge in [0.2, 0.25) is 0 Å². The fourth-order valence-electron chi connectivity index (χ4n) is 1.56. The Morgan fingerprint density at radius 3 is 2.88 bits per heavy atom. The average molecular weight is 251 g/mol. The first-order valence-electron chi connectivity index (χ1n) is 5.06. The molecule has 0 amide bonds. The topological polar surface area (TPSA) is 85.8 Å². The second kappa shape index (κ2) is 4.64. The summed E-state index contributed by atoms with van der Waals surface area (Å²) in [6, 6.07) is 1.52. The van der Waals surface area contributed by atoms with Gasteiger partial charge >= 0.3 is 0 Å². The van der Waals surface area contributed by atoms with Crippen LogP contribution in [0, 0.1) is 13.8 Å². The minimum Gasteiger partial charge on any atom is -0.300 e. The molecule has 0 aliphatic carbocycles. The Labute approximate surface area is 102 Å². The Kier molecular flexibility index (Phi) is 3.21. The highest BCUT2D eigenvalue weighted by Crippen LogP contribution is 2.17. The molecular weight excluding hydrogens is 238 g/mol. The Morgan fingerprint density at radius 1 is 1.53 bits per heavy atom. The van der Waals surface area contributed by atoms with Crippen molar-refractivity contribution < 1.29 is 0 Å². The van der Waals surface area contributed by atoms with E-state index in [0.29, 0.717) is 17.5 Å². The molecule has 0 fully saturated rings. The minimum absolute atomic E-state index is 0.0503. The van der Waals surface area contributed by atoms with Crippen LogP contribution in [0.25, 0.3) is 0 Å². The molecule has 2 rings (SSSR count). The molecule has 90 valence electrons. The number of hydrazine groups is 1. The summed E-state index contributed by atoms with van der Waals surface area (Å²) in [5.41, 5.74) is 3.16. The van der Waals surface area contributed by atoms with Gasteiger partial charge in [-0.05, 0) is 13.8 Å². The van der Waals surface area contributed by atoms with Gasteiger partial charge in [-0.15, -0.1) is 0 Å². The van der Waals surface area contributed by atoms with Crippen LogP contribution in [0.5, 0.6) is 0 Å². The van der Waals surface area contributed by atoms with E-state index in [9.17, 15) is 4.79 Å². The molecular formula is C10H13N5OS. The molecule has 0 unspecified atom stereocenters. The number of anilines is 1. The molecule has 2 aromatic rings. The number of hydrogen-bond acceptors (Lipinski definition) is 6. The molecule has 0 spiro atoms. The number of nitrogens with zero attached hydrogens (tertiary/aromatic N) is 3. The predicted octanol–water partition coefficient (Wildman–Crippen LogP) is 0.651. The smallest absolute Gasteiger partial charge is 0.254 e. The van der Waals surface area contributed by atoms with E-state index < -0.39 is 0 Å². The number of nitrogen functional groups attached to an aromatic ring is 1. The van der Waals surface area contributed by atoms with Crippen LogP contribution in [0.4, 0.5) is 5.13 Å². The number of aromatic nitrogens is 3. The van der Waals surface area contributed by atoms with Gasteiger partial charge in [0.25, 0.3) is 5.56 Å². The molecule has 0 aliphatic heterocycles.